The highest BCUT2D eigenvalue weighted by Crippen LogP contribution is 2.09. The summed E-state index contributed by atoms with van der Waals surface area (Å²) in [5.41, 5.74) is 2.24. The maximum Gasteiger partial charge on any atom is 0.303 e. The summed E-state index contributed by atoms with van der Waals surface area (Å²) in [4.78, 5) is 10.4. The number of unbranched alkanes of at least 4 members (excludes halogenated alkanes) is 5. The predicted molar refractivity (Wildman–Crippen MR) is 104 cm³/mol. The number of nitrogens with zero attached hydrogens (tertiary/aromatic N) is 3. The Bertz CT molecular complexity index is 643. The summed E-state index contributed by atoms with van der Waals surface area (Å²) in [6.45, 7) is 2.19. The molecule has 0 fully saturated rings. The molecule has 0 saturated heterocycles. The maximum absolute atomic E-state index is 10.4. The first-order chi connectivity index (χ1) is 13.2. The third-order valence-electron chi connectivity index (χ3n) is 4.45. The van der Waals surface area contributed by atoms with Crippen molar-refractivity contribution in [1.29, 1.82) is 0 Å². The first-order valence-electron chi connectivity index (χ1n) is 9.96. The van der Waals surface area contributed by atoms with Crippen LogP contribution in [0.4, 0.5) is 0 Å². The van der Waals surface area contributed by atoms with Crippen molar-refractivity contribution in [3.05, 3.63) is 47.8 Å². The fourth-order valence-corrected chi connectivity index (χ4v) is 2.94. The zero-order valence-electron chi connectivity index (χ0n) is 16.1. The molecular formula is C21H31N3O3. The van der Waals surface area contributed by atoms with Crippen LogP contribution in [0.3, 0.4) is 0 Å². The lowest BCUT2D eigenvalue weighted by atomic mass is 10.1. The second-order valence-electron chi connectivity index (χ2n) is 6.88. The van der Waals surface area contributed by atoms with E-state index in [2.05, 4.69) is 22.4 Å². The van der Waals surface area contributed by atoms with E-state index in [0.717, 1.165) is 63.6 Å². The van der Waals surface area contributed by atoms with Crippen molar-refractivity contribution >= 4 is 5.97 Å². The lowest BCUT2D eigenvalue weighted by Crippen LogP contribution is -2.03. The number of carboxylic acids is 1. The van der Waals surface area contributed by atoms with Crippen molar-refractivity contribution in [3.63, 3.8) is 0 Å². The Morgan fingerprint density at radius 3 is 2.52 bits per heavy atom. The van der Waals surface area contributed by atoms with Gasteiger partial charge in [-0.25, -0.2) is 0 Å². The van der Waals surface area contributed by atoms with E-state index in [1.807, 2.05) is 29.1 Å². The molecule has 2 aromatic rings. The summed E-state index contributed by atoms with van der Waals surface area (Å²) in [7, 11) is 0. The van der Waals surface area contributed by atoms with Crippen LogP contribution >= 0.6 is 0 Å². The Kier molecular flexibility index (Phi) is 10.2. The van der Waals surface area contributed by atoms with Gasteiger partial charge in [0.2, 0.25) is 0 Å². The van der Waals surface area contributed by atoms with E-state index in [1.165, 1.54) is 5.56 Å². The topological polar surface area (TPSA) is 77.2 Å². The van der Waals surface area contributed by atoms with E-state index in [9.17, 15) is 4.79 Å². The fourth-order valence-electron chi connectivity index (χ4n) is 2.94. The zero-order valence-corrected chi connectivity index (χ0v) is 16.1. The number of aryl methyl sites for hydroxylation is 2. The second-order valence-corrected chi connectivity index (χ2v) is 6.88. The SMILES string of the molecule is O=C(O)CCCCCCCCc1cn(CCCOCc2ccccc2)nn1. The Labute approximate surface area is 161 Å². The average molecular weight is 373 g/mol. The van der Waals surface area contributed by atoms with Crippen LogP contribution in [0.25, 0.3) is 0 Å². The summed E-state index contributed by atoms with van der Waals surface area (Å²) in [5.74, 6) is -0.694. The van der Waals surface area contributed by atoms with Gasteiger partial charge in [0.1, 0.15) is 0 Å². The van der Waals surface area contributed by atoms with E-state index in [0.29, 0.717) is 19.6 Å². The van der Waals surface area contributed by atoms with Gasteiger partial charge in [-0.3, -0.25) is 9.48 Å². The van der Waals surface area contributed by atoms with Crippen LogP contribution in [0.15, 0.2) is 36.5 Å². The van der Waals surface area contributed by atoms with E-state index >= 15 is 0 Å². The maximum atomic E-state index is 10.4. The number of rotatable bonds is 15. The molecule has 0 unspecified atom stereocenters. The zero-order chi connectivity index (χ0) is 19.2. The van der Waals surface area contributed by atoms with Crippen molar-refractivity contribution in [2.45, 2.75) is 70.9 Å². The van der Waals surface area contributed by atoms with Crippen LogP contribution in [0.1, 0.15) is 62.6 Å². The van der Waals surface area contributed by atoms with Gasteiger partial charge in [0.15, 0.2) is 0 Å². The number of carboxylic acid groups (broad SMARTS) is 1. The second kappa shape index (κ2) is 13.0. The molecule has 2 rings (SSSR count). The van der Waals surface area contributed by atoms with Gasteiger partial charge >= 0.3 is 5.97 Å². The largest absolute Gasteiger partial charge is 0.481 e. The van der Waals surface area contributed by atoms with Gasteiger partial charge in [-0.15, -0.1) is 5.10 Å². The number of benzene rings is 1. The van der Waals surface area contributed by atoms with Crippen LogP contribution in [0.5, 0.6) is 0 Å². The highest BCUT2D eigenvalue weighted by Gasteiger charge is 2.02. The molecule has 0 bridgehead atoms. The van der Waals surface area contributed by atoms with E-state index in [4.69, 9.17) is 9.84 Å². The lowest BCUT2D eigenvalue weighted by Gasteiger charge is -2.04. The molecule has 0 amide bonds. The molecule has 6 nitrogen and oxygen atoms in total. The quantitative estimate of drug-likeness (QED) is 0.472. The van der Waals surface area contributed by atoms with Crippen molar-refractivity contribution in [2.24, 2.45) is 0 Å². The normalized spacial score (nSPS) is 11.0. The average Bonchev–Trinajstić information content (AvgIpc) is 3.12. The molecule has 6 heteroatoms. The number of carbonyl (C=O) groups is 1. The van der Waals surface area contributed by atoms with Crippen LogP contribution in [-0.4, -0.2) is 32.7 Å². The standard InChI is InChI=1S/C21H31N3O3/c25-21(26)14-9-4-2-1-3-8-13-20-17-24(23-22-20)15-10-16-27-18-19-11-6-5-7-12-19/h5-7,11-12,17H,1-4,8-10,13-16,18H2,(H,25,26). The molecule has 27 heavy (non-hydrogen) atoms. The minimum absolute atomic E-state index is 0.292. The number of aromatic nitrogens is 3. The van der Waals surface area contributed by atoms with Gasteiger partial charge in [0.05, 0.1) is 12.3 Å². The number of ether oxygens (including phenoxy) is 1. The van der Waals surface area contributed by atoms with Crippen LogP contribution in [0, 0.1) is 0 Å². The lowest BCUT2D eigenvalue weighted by molar-refractivity contribution is -0.137. The summed E-state index contributed by atoms with van der Waals surface area (Å²) < 4.78 is 7.58. The van der Waals surface area contributed by atoms with E-state index in [-0.39, 0.29) is 0 Å². The molecule has 0 atom stereocenters. The monoisotopic (exact) mass is 373 g/mol. The first kappa shape index (κ1) is 21.1. The van der Waals surface area contributed by atoms with Crippen molar-refractivity contribution in [3.8, 4) is 0 Å². The molecule has 1 aromatic carbocycles. The molecule has 0 radical (unpaired) electrons. The number of hydrogen-bond donors (Lipinski definition) is 1. The Hall–Kier alpha value is -2.21. The van der Waals surface area contributed by atoms with Gasteiger partial charge in [-0.1, -0.05) is 61.2 Å². The molecule has 0 aliphatic rings. The molecular weight excluding hydrogens is 342 g/mol. The molecule has 0 aliphatic carbocycles. The number of aliphatic carboxylic acids is 1. The minimum atomic E-state index is -0.694. The van der Waals surface area contributed by atoms with Gasteiger partial charge in [-0.2, -0.15) is 0 Å². The van der Waals surface area contributed by atoms with Gasteiger partial charge in [0.25, 0.3) is 0 Å². The Morgan fingerprint density at radius 1 is 1.00 bits per heavy atom. The molecule has 1 N–H and O–H groups in total. The van der Waals surface area contributed by atoms with Crippen LogP contribution < -0.4 is 0 Å². The van der Waals surface area contributed by atoms with Crippen molar-refractivity contribution < 1.29 is 14.6 Å². The Morgan fingerprint density at radius 2 is 1.74 bits per heavy atom. The van der Waals surface area contributed by atoms with Crippen LogP contribution in [0.2, 0.25) is 0 Å². The fraction of sp³-hybridized carbons (Fsp3) is 0.571. The highest BCUT2D eigenvalue weighted by molar-refractivity contribution is 5.66. The first-order valence-corrected chi connectivity index (χ1v) is 9.96. The summed E-state index contributed by atoms with van der Waals surface area (Å²) in [6.07, 6.45) is 10.5. The van der Waals surface area contributed by atoms with Crippen molar-refractivity contribution in [2.75, 3.05) is 6.61 Å². The number of hydrogen-bond acceptors (Lipinski definition) is 4. The van der Waals surface area contributed by atoms with Crippen molar-refractivity contribution in [1.82, 2.24) is 15.0 Å². The third kappa shape index (κ3) is 9.89. The Balaban J connectivity index is 1.46. The smallest absolute Gasteiger partial charge is 0.303 e. The molecule has 0 saturated carbocycles. The summed E-state index contributed by atoms with van der Waals surface area (Å²) >= 11 is 0. The molecule has 1 heterocycles. The summed E-state index contributed by atoms with van der Waals surface area (Å²) in [5, 5.41) is 17.0. The van der Waals surface area contributed by atoms with Gasteiger partial charge < -0.3 is 9.84 Å². The van der Waals surface area contributed by atoms with Gasteiger partial charge in [0, 0.05) is 25.8 Å². The van der Waals surface area contributed by atoms with Gasteiger partial charge in [-0.05, 0) is 31.2 Å². The molecule has 1 aromatic heterocycles. The predicted octanol–water partition coefficient (Wildman–Crippen LogP) is 4.24. The molecule has 0 spiro atoms. The summed E-state index contributed by atoms with van der Waals surface area (Å²) in [6, 6.07) is 10.2. The highest BCUT2D eigenvalue weighted by atomic mass is 16.5. The molecule has 0 aliphatic heterocycles. The van der Waals surface area contributed by atoms with Crippen LogP contribution in [-0.2, 0) is 29.1 Å². The van der Waals surface area contributed by atoms with E-state index < -0.39 is 5.97 Å². The van der Waals surface area contributed by atoms with E-state index in [1.54, 1.807) is 0 Å². The molecule has 148 valence electrons. The minimum Gasteiger partial charge on any atom is -0.481 e. The third-order valence-corrected chi connectivity index (χ3v) is 4.45.